The van der Waals surface area contributed by atoms with E-state index in [1.165, 1.54) is 0 Å². The summed E-state index contributed by atoms with van der Waals surface area (Å²) in [5.74, 6) is 0.144. The van der Waals surface area contributed by atoms with Crippen LogP contribution >= 0.6 is 23.2 Å². The van der Waals surface area contributed by atoms with Crippen LogP contribution in [0.3, 0.4) is 0 Å². The van der Waals surface area contributed by atoms with Gasteiger partial charge in [0.1, 0.15) is 5.75 Å². The van der Waals surface area contributed by atoms with Gasteiger partial charge in [0.2, 0.25) is 0 Å². The fourth-order valence-corrected chi connectivity index (χ4v) is 2.60. The van der Waals surface area contributed by atoms with E-state index in [9.17, 15) is 5.11 Å². The Morgan fingerprint density at radius 1 is 1.24 bits per heavy atom. The van der Waals surface area contributed by atoms with Crippen LogP contribution in [0.15, 0.2) is 53.8 Å². The van der Waals surface area contributed by atoms with E-state index in [4.69, 9.17) is 23.2 Å². The molecule has 0 aliphatic carbocycles. The van der Waals surface area contributed by atoms with Crippen LogP contribution in [0.2, 0.25) is 10.0 Å². The van der Waals surface area contributed by atoms with Crippen molar-refractivity contribution in [1.29, 1.82) is 0 Å². The molecular weight excluding hydrogens is 357 g/mol. The van der Waals surface area contributed by atoms with Gasteiger partial charge < -0.3 is 10.4 Å². The molecule has 0 aliphatic rings. The third-order valence-electron chi connectivity index (χ3n) is 3.47. The van der Waals surface area contributed by atoms with E-state index in [0.717, 1.165) is 29.7 Å². The molecular formula is C19H21Cl2N3O. The highest BCUT2D eigenvalue weighted by atomic mass is 35.5. The van der Waals surface area contributed by atoms with Crippen LogP contribution in [0.5, 0.6) is 5.75 Å². The summed E-state index contributed by atoms with van der Waals surface area (Å²) in [6.45, 7) is 6.49. The quantitative estimate of drug-likeness (QED) is 0.437. The van der Waals surface area contributed by atoms with Crippen molar-refractivity contribution in [3.05, 3.63) is 69.8 Å². The fraction of sp³-hybridized carbons (Fsp3) is 0.211. The van der Waals surface area contributed by atoms with E-state index in [1.54, 1.807) is 12.3 Å². The maximum absolute atomic E-state index is 9.94. The first kappa shape index (κ1) is 19.2. The fourth-order valence-electron chi connectivity index (χ4n) is 2.23. The Kier molecular flexibility index (Phi) is 7.16. The number of hydrogen-bond donors (Lipinski definition) is 3. The topological polar surface area (TPSA) is 56.7 Å². The third kappa shape index (κ3) is 6.00. The van der Waals surface area contributed by atoms with Crippen LogP contribution in [-0.4, -0.2) is 17.9 Å². The lowest BCUT2D eigenvalue weighted by molar-refractivity contribution is 0.468. The van der Waals surface area contributed by atoms with Crippen molar-refractivity contribution < 1.29 is 5.11 Å². The zero-order valence-corrected chi connectivity index (χ0v) is 15.5. The Hall–Kier alpha value is -2.17. The van der Waals surface area contributed by atoms with Crippen molar-refractivity contribution >= 4 is 35.1 Å². The zero-order chi connectivity index (χ0) is 18.2. The number of phenols is 1. The predicted molar refractivity (Wildman–Crippen MR) is 107 cm³/mol. The number of nitrogens with one attached hydrogen (secondary N) is 2. The van der Waals surface area contributed by atoms with Crippen molar-refractivity contribution in [1.82, 2.24) is 5.43 Å². The van der Waals surface area contributed by atoms with Gasteiger partial charge in [0, 0.05) is 16.4 Å². The lowest BCUT2D eigenvalue weighted by Crippen LogP contribution is -2.14. The van der Waals surface area contributed by atoms with Crippen LogP contribution in [0.25, 0.3) is 0 Å². The van der Waals surface area contributed by atoms with Crippen molar-refractivity contribution in [2.24, 2.45) is 5.10 Å². The van der Waals surface area contributed by atoms with Gasteiger partial charge in [-0.1, -0.05) is 43.1 Å². The number of aromatic hydroxyl groups is 1. The molecule has 0 unspecified atom stereocenters. The molecule has 0 spiro atoms. The molecule has 2 aromatic carbocycles. The number of hydrazone groups is 1. The molecule has 0 heterocycles. The normalized spacial score (nSPS) is 10.8. The Bertz CT molecular complexity index is 758. The van der Waals surface area contributed by atoms with E-state index < -0.39 is 0 Å². The van der Waals surface area contributed by atoms with E-state index >= 15 is 0 Å². The van der Waals surface area contributed by atoms with Gasteiger partial charge in [-0.3, -0.25) is 5.43 Å². The van der Waals surface area contributed by atoms with Crippen molar-refractivity contribution in [3.63, 3.8) is 0 Å². The minimum Gasteiger partial charge on any atom is -0.506 e. The second-order valence-corrected chi connectivity index (χ2v) is 6.44. The molecule has 0 aromatic heterocycles. The monoisotopic (exact) mass is 377 g/mol. The highest BCUT2D eigenvalue weighted by Gasteiger charge is 2.07. The molecule has 0 atom stereocenters. The summed E-state index contributed by atoms with van der Waals surface area (Å²) < 4.78 is 0. The van der Waals surface area contributed by atoms with Gasteiger partial charge in [-0.05, 0) is 53.9 Å². The Balaban J connectivity index is 1.89. The zero-order valence-electron chi connectivity index (χ0n) is 14.0. The average Bonchev–Trinajstić information content (AvgIpc) is 2.59. The molecule has 0 fully saturated rings. The summed E-state index contributed by atoms with van der Waals surface area (Å²) in [4.78, 5) is 0. The smallest absolute Gasteiger partial charge is 0.137 e. The number of aryl methyl sites for hydroxylation is 1. The third-order valence-corrected chi connectivity index (χ3v) is 4.01. The number of hydrogen-bond acceptors (Lipinski definition) is 4. The predicted octanol–water partition coefficient (Wildman–Crippen LogP) is 5.20. The summed E-state index contributed by atoms with van der Waals surface area (Å²) in [7, 11) is 0. The number of anilines is 1. The minimum atomic E-state index is 0.144. The number of phenolic OH excluding ortho intramolecular Hbond substituents is 1. The standard InChI is InChI=1S/C19H21Cl2N3O/c1-3-4-15-9-14(10-18(21)19(15)25)12-23-24-13(2)11-22-17-7-5-16(20)6-8-17/h5-10,12,22,24-25H,2-4,11H2,1H3/b23-12+. The molecule has 2 rings (SSSR count). The van der Waals surface area contributed by atoms with Crippen LogP contribution in [-0.2, 0) is 6.42 Å². The van der Waals surface area contributed by atoms with Crippen LogP contribution in [0.1, 0.15) is 24.5 Å². The van der Waals surface area contributed by atoms with Crippen molar-refractivity contribution in [3.8, 4) is 5.75 Å². The SMILES string of the molecule is C=C(CNc1ccc(Cl)cc1)N/N=C/c1cc(Cl)c(O)c(CCC)c1. The lowest BCUT2D eigenvalue weighted by Gasteiger charge is -2.09. The minimum absolute atomic E-state index is 0.144. The molecule has 3 N–H and O–H groups in total. The molecule has 0 saturated heterocycles. The molecule has 2 aromatic rings. The van der Waals surface area contributed by atoms with E-state index in [-0.39, 0.29) is 5.75 Å². The number of nitrogens with zero attached hydrogens (tertiary/aromatic N) is 1. The van der Waals surface area contributed by atoms with Gasteiger partial charge in [0.15, 0.2) is 0 Å². The molecule has 132 valence electrons. The second kappa shape index (κ2) is 9.35. The van der Waals surface area contributed by atoms with E-state index in [1.807, 2.05) is 37.3 Å². The highest BCUT2D eigenvalue weighted by molar-refractivity contribution is 6.32. The first-order valence-corrected chi connectivity index (χ1v) is 8.73. The Morgan fingerprint density at radius 2 is 1.96 bits per heavy atom. The summed E-state index contributed by atoms with van der Waals surface area (Å²) in [6.07, 6.45) is 3.34. The Morgan fingerprint density at radius 3 is 2.64 bits per heavy atom. The molecule has 0 saturated carbocycles. The lowest BCUT2D eigenvalue weighted by atomic mass is 10.1. The summed E-state index contributed by atoms with van der Waals surface area (Å²) >= 11 is 11.9. The highest BCUT2D eigenvalue weighted by Crippen LogP contribution is 2.29. The molecule has 0 amide bonds. The first-order chi connectivity index (χ1) is 12.0. The molecule has 0 radical (unpaired) electrons. The van der Waals surface area contributed by atoms with Gasteiger partial charge in [-0.25, -0.2) is 0 Å². The van der Waals surface area contributed by atoms with Crippen molar-refractivity contribution in [2.75, 3.05) is 11.9 Å². The molecule has 4 nitrogen and oxygen atoms in total. The van der Waals surface area contributed by atoms with Crippen LogP contribution in [0.4, 0.5) is 5.69 Å². The summed E-state index contributed by atoms with van der Waals surface area (Å²) in [5.41, 5.74) is 6.18. The van der Waals surface area contributed by atoms with Gasteiger partial charge in [0.25, 0.3) is 0 Å². The van der Waals surface area contributed by atoms with E-state index in [2.05, 4.69) is 22.4 Å². The van der Waals surface area contributed by atoms with Crippen molar-refractivity contribution in [2.45, 2.75) is 19.8 Å². The van der Waals surface area contributed by atoms with Gasteiger partial charge in [-0.15, -0.1) is 0 Å². The largest absolute Gasteiger partial charge is 0.506 e. The molecule has 0 aliphatic heterocycles. The maximum atomic E-state index is 9.94. The van der Waals surface area contributed by atoms with Crippen LogP contribution < -0.4 is 10.7 Å². The van der Waals surface area contributed by atoms with Crippen LogP contribution in [0, 0.1) is 0 Å². The molecule has 6 heteroatoms. The maximum Gasteiger partial charge on any atom is 0.137 e. The van der Waals surface area contributed by atoms with Gasteiger partial charge in [-0.2, -0.15) is 5.10 Å². The van der Waals surface area contributed by atoms with Gasteiger partial charge >= 0.3 is 0 Å². The number of benzene rings is 2. The molecule has 25 heavy (non-hydrogen) atoms. The summed E-state index contributed by atoms with van der Waals surface area (Å²) in [5, 5.41) is 18.3. The molecule has 0 bridgehead atoms. The van der Waals surface area contributed by atoms with E-state index in [0.29, 0.717) is 22.3 Å². The number of rotatable bonds is 8. The average molecular weight is 378 g/mol. The first-order valence-electron chi connectivity index (χ1n) is 7.97. The number of halogens is 2. The second-order valence-electron chi connectivity index (χ2n) is 5.59. The summed E-state index contributed by atoms with van der Waals surface area (Å²) in [6, 6.07) is 11.0. The van der Waals surface area contributed by atoms with Gasteiger partial charge in [0.05, 0.1) is 17.8 Å². The Labute approximate surface area is 158 Å².